The lowest BCUT2D eigenvalue weighted by Gasteiger charge is -2.30. The summed E-state index contributed by atoms with van der Waals surface area (Å²) >= 11 is 0. The van der Waals surface area contributed by atoms with Crippen molar-refractivity contribution >= 4 is 5.97 Å². The van der Waals surface area contributed by atoms with Gasteiger partial charge in [-0.3, -0.25) is 9.69 Å². The van der Waals surface area contributed by atoms with Crippen LogP contribution in [0.25, 0.3) is 0 Å². The van der Waals surface area contributed by atoms with Crippen LogP contribution < -0.4 is 18.9 Å². The first-order valence-electron chi connectivity index (χ1n) is 11.4. The average Bonchev–Trinajstić information content (AvgIpc) is 3.43. The SMILES string of the molecule is CCCOc1ccc2c(c1)[C@@H](c1ccc(OC)cc1)N(CC(=O)O)[C@@H]2c1ccc2c(c1)OCO2. The molecular weight excluding hydrogens is 434 g/mol. The molecule has 2 atom stereocenters. The van der Waals surface area contributed by atoms with Gasteiger partial charge >= 0.3 is 5.97 Å². The van der Waals surface area contributed by atoms with Crippen LogP contribution >= 0.6 is 0 Å². The molecule has 0 unspecified atom stereocenters. The van der Waals surface area contributed by atoms with Crippen molar-refractivity contribution < 1.29 is 28.8 Å². The summed E-state index contributed by atoms with van der Waals surface area (Å²) in [5.41, 5.74) is 4.01. The number of aliphatic carboxylic acids is 1. The van der Waals surface area contributed by atoms with Gasteiger partial charge in [-0.05, 0) is 65.1 Å². The van der Waals surface area contributed by atoms with Gasteiger partial charge in [0.1, 0.15) is 11.5 Å². The predicted octanol–water partition coefficient (Wildman–Crippen LogP) is 4.79. The molecule has 2 heterocycles. The maximum atomic E-state index is 12.0. The Kier molecular flexibility index (Phi) is 6.02. The lowest BCUT2D eigenvalue weighted by molar-refractivity contribution is -0.139. The van der Waals surface area contributed by atoms with Crippen molar-refractivity contribution in [3.05, 3.63) is 82.9 Å². The fourth-order valence-electron chi connectivity index (χ4n) is 4.80. The topological polar surface area (TPSA) is 77.5 Å². The van der Waals surface area contributed by atoms with Crippen LogP contribution in [-0.2, 0) is 4.79 Å². The molecule has 0 saturated carbocycles. The maximum absolute atomic E-state index is 12.0. The van der Waals surface area contributed by atoms with Crippen molar-refractivity contribution in [1.29, 1.82) is 0 Å². The molecule has 3 aromatic carbocycles. The lowest BCUT2D eigenvalue weighted by atomic mass is 9.94. The summed E-state index contributed by atoms with van der Waals surface area (Å²) in [6.07, 6.45) is 0.907. The van der Waals surface area contributed by atoms with E-state index in [0.29, 0.717) is 18.1 Å². The predicted molar refractivity (Wildman–Crippen MR) is 126 cm³/mol. The minimum absolute atomic E-state index is 0.129. The van der Waals surface area contributed by atoms with Gasteiger partial charge < -0.3 is 24.1 Å². The van der Waals surface area contributed by atoms with Crippen LogP contribution in [0.15, 0.2) is 60.7 Å². The summed E-state index contributed by atoms with van der Waals surface area (Å²) in [5, 5.41) is 9.86. The van der Waals surface area contributed by atoms with Gasteiger partial charge in [0.15, 0.2) is 11.5 Å². The summed E-state index contributed by atoms with van der Waals surface area (Å²) in [5.74, 6) is 2.01. The van der Waals surface area contributed by atoms with E-state index in [2.05, 4.69) is 6.92 Å². The van der Waals surface area contributed by atoms with Crippen molar-refractivity contribution in [2.45, 2.75) is 25.4 Å². The number of rotatable bonds is 8. The van der Waals surface area contributed by atoms with Gasteiger partial charge in [-0.2, -0.15) is 0 Å². The van der Waals surface area contributed by atoms with Gasteiger partial charge in [-0.25, -0.2) is 0 Å². The Morgan fingerprint density at radius 2 is 1.65 bits per heavy atom. The average molecular weight is 462 g/mol. The molecule has 7 heteroatoms. The van der Waals surface area contributed by atoms with E-state index in [9.17, 15) is 9.90 Å². The number of hydrogen-bond donors (Lipinski definition) is 1. The van der Waals surface area contributed by atoms with Crippen LogP contribution in [0, 0.1) is 0 Å². The summed E-state index contributed by atoms with van der Waals surface area (Å²) in [6.45, 7) is 2.75. The number of fused-ring (bicyclic) bond motifs is 2. The molecule has 34 heavy (non-hydrogen) atoms. The zero-order valence-electron chi connectivity index (χ0n) is 19.2. The number of carbonyl (C=O) groups is 1. The van der Waals surface area contributed by atoms with Crippen molar-refractivity contribution in [3.8, 4) is 23.0 Å². The molecule has 0 radical (unpaired) electrons. The molecule has 5 rings (SSSR count). The third-order valence-corrected chi connectivity index (χ3v) is 6.25. The van der Waals surface area contributed by atoms with Crippen molar-refractivity contribution in [2.24, 2.45) is 0 Å². The van der Waals surface area contributed by atoms with E-state index in [1.165, 1.54) is 0 Å². The van der Waals surface area contributed by atoms with Gasteiger partial charge in [-0.15, -0.1) is 0 Å². The Hall–Kier alpha value is -3.71. The molecule has 2 aliphatic rings. The first-order valence-corrected chi connectivity index (χ1v) is 11.4. The highest BCUT2D eigenvalue weighted by Gasteiger charge is 2.41. The number of benzene rings is 3. The summed E-state index contributed by atoms with van der Waals surface area (Å²) in [6, 6.07) is 19.1. The summed E-state index contributed by atoms with van der Waals surface area (Å²) in [7, 11) is 1.63. The van der Waals surface area contributed by atoms with Crippen LogP contribution in [0.4, 0.5) is 0 Å². The fourth-order valence-corrected chi connectivity index (χ4v) is 4.80. The Morgan fingerprint density at radius 1 is 0.941 bits per heavy atom. The van der Waals surface area contributed by atoms with E-state index in [1.54, 1.807) is 7.11 Å². The van der Waals surface area contributed by atoms with Gasteiger partial charge in [0.2, 0.25) is 6.79 Å². The van der Waals surface area contributed by atoms with E-state index in [1.807, 2.05) is 65.6 Å². The second kappa shape index (κ2) is 9.27. The molecule has 0 bridgehead atoms. The number of carboxylic acids is 1. The van der Waals surface area contributed by atoms with Crippen LogP contribution in [0.1, 0.15) is 47.7 Å². The summed E-state index contributed by atoms with van der Waals surface area (Å²) < 4.78 is 22.4. The number of ether oxygens (including phenoxy) is 4. The normalized spacial score (nSPS) is 18.5. The number of hydrogen-bond acceptors (Lipinski definition) is 6. The van der Waals surface area contributed by atoms with Crippen molar-refractivity contribution in [3.63, 3.8) is 0 Å². The minimum Gasteiger partial charge on any atom is -0.497 e. The lowest BCUT2D eigenvalue weighted by Crippen LogP contribution is -2.33. The van der Waals surface area contributed by atoms with E-state index in [0.717, 1.165) is 40.2 Å². The van der Waals surface area contributed by atoms with Gasteiger partial charge in [0, 0.05) is 0 Å². The molecule has 176 valence electrons. The first kappa shape index (κ1) is 22.1. The molecule has 1 N–H and O–H groups in total. The molecule has 0 amide bonds. The highest BCUT2D eigenvalue weighted by atomic mass is 16.7. The Bertz CT molecular complexity index is 1190. The van der Waals surface area contributed by atoms with E-state index < -0.39 is 5.97 Å². The van der Waals surface area contributed by atoms with Gasteiger partial charge in [0.05, 0.1) is 32.3 Å². The molecule has 7 nitrogen and oxygen atoms in total. The highest BCUT2D eigenvalue weighted by Crippen LogP contribution is 2.50. The Balaban J connectivity index is 1.65. The Morgan fingerprint density at radius 3 is 2.38 bits per heavy atom. The van der Waals surface area contributed by atoms with Crippen LogP contribution in [-0.4, -0.2) is 43.0 Å². The molecule has 0 saturated heterocycles. The number of nitrogens with zero attached hydrogens (tertiary/aromatic N) is 1. The monoisotopic (exact) mass is 461 g/mol. The van der Waals surface area contributed by atoms with E-state index >= 15 is 0 Å². The zero-order chi connectivity index (χ0) is 23.7. The van der Waals surface area contributed by atoms with Crippen molar-refractivity contribution in [1.82, 2.24) is 4.90 Å². The smallest absolute Gasteiger partial charge is 0.317 e. The number of carboxylic acid groups (broad SMARTS) is 1. The van der Waals surface area contributed by atoms with Crippen LogP contribution in [0.5, 0.6) is 23.0 Å². The molecular formula is C27H27NO6. The van der Waals surface area contributed by atoms with E-state index in [-0.39, 0.29) is 25.4 Å². The third-order valence-electron chi connectivity index (χ3n) is 6.25. The molecule has 0 aliphatic carbocycles. The van der Waals surface area contributed by atoms with Crippen LogP contribution in [0.2, 0.25) is 0 Å². The van der Waals surface area contributed by atoms with Crippen molar-refractivity contribution in [2.75, 3.05) is 27.1 Å². The highest BCUT2D eigenvalue weighted by molar-refractivity contribution is 5.70. The molecule has 0 spiro atoms. The maximum Gasteiger partial charge on any atom is 0.317 e. The minimum atomic E-state index is -0.889. The standard InChI is InChI=1S/C27H27NO6/c1-3-12-32-20-9-10-21-22(14-20)26(17-4-7-19(31-2)8-5-17)28(15-25(29)30)27(21)18-6-11-23-24(13-18)34-16-33-23/h4-11,13-14,26-27H,3,12,15-16H2,1-2H3,(H,29,30)/t26-,27-/m1/s1. The van der Waals surface area contributed by atoms with E-state index in [4.69, 9.17) is 18.9 Å². The fraction of sp³-hybridized carbons (Fsp3) is 0.296. The molecule has 0 fully saturated rings. The number of methoxy groups -OCH3 is 1. The largest absolute Gasteiger partial charge is 0.497 e. The zero-order valence-corrected chi connectivity index (χ0v) is 19.2. The van der Waals surface area contributed by atoms with Gasteiger partial charge in [0.25, 0.3) is 0 Å². The Labute approximate surface area is 198 Å². The molecule has 3 aromatic rings. The second-order valence-corrected chi connectivity index (χ2v) is 8.40. The quantitative estimate of drug-likeness (QED) is 0.517. The third kappa shape index (κ3) is 4.03. The van der Waals surface area contributed by atoms with Crippen LogP contribution in [0.3, 0.4) is 0 Å². The summed E-state index contributed by atoms with van der Waals surface area (Å²) in [4.78, 5) is 14.0. The van der Waals surface area contributed by atoms with Gasteiger partial charge in [-0.1, -0.05) is 31.2 Å². The first-order chi connectivity index (χ1) is 16.6. The molecule has 2 aliphatic heterocycles. The second-order valence-electron chi connectivity index (χ2n) is 8.40. The molecule has 0 aromatic heterocycles.